The average molecular weight is 355 g/mol. The van der Waals surface area contributed by atoms with Gasteiger partial charge in [-0.2, -0.15) is 4.31 Å². The molecule has 1 N–H and O–H groups in total. The molecule has 2 aliphatic rings. The summed E-state index contributed by atoms with van der Waals surface area (Å²) >= 11 is 0. The number of likely N-dealkylation sites (tertiary alicyclic amines) is 1. The fourth-order valence-corrected chi connectivity index (χ4v) is 4.88. The lowest BCUT2D eigenvalue weighted by Crippen LogP contribution is -2.40. The third-order valence-corrected chi connectivity index (χ3v) is 6.70. The summed E-state index contributed by atoms with van der Waals surface area (Å²) in [5.74, 6) is 0.276. The molecule has 0 bridgehead atoms. The Bertz CT molecular complexity index is 692. The summed E-state index contributed by atoms with van der Waals surface area (Å²) in [5.41, 5.74) is 0.342. The summed E-state index contributed by atoms with van der Waals surface area (Å²) in [4.78, 5) is 17.6. The van der Waals surface area contributed by atoms with Gasteiger partial charge in [0.15, 0.2) is 0 Å². The van der Waals surface area contributed by atoms with Crippen molar-refractivity contribution in [2.45, 2.75) is 37.6 Å². The standard InChI is InChI=1S/C16H25N3O4S/c1-12(2)15-4-3-5-19(15)16(20)14-10-13(11-17-14)24(21,22)18-6-8-23-9-7-18/h10-12,15,17H,3-9H2,1-2H3. The Hall–Kier alpha value is -1.38. The molecule has 7 nitrogen and oxygen atoms in total. The van der Waals surface area contributed by atoms with Crippen molar-refractivity contribution in [1.29, 1.82) is 0 Å². The predicted octanol–water partition coefficient (Wildman–Crippen LogP) is 1.30. The number of ether oxygens (including phenoxy) is 1. The number of nitrogens with zero attached hydrogens (tertiary/aromatic N) is 2. The van der Waals surface area contributed by atoms with Gasteiger partial charge in [0.1, 0.15) is 10.6 Å². The molecule has 24 heavy (non-hydrogen) atoms. The van der Waals surface area contributed by atoms with Crippen LogP contribution in [0.1, 0.15) is 37.2 Å². The first kappa shape index (κ1) is 17.4. The van der Waals surface area contributed by atoms with E-state index >= 15 is 0 Å². The number of nitrogens with one attached hydrogen (secondary N) is 1. The lowest BCUT2D eigenvalue weighted by Gasteiger charge is -2.27. The van der Waals surface area contributed by atoms with Gasteiger partial charge in [-0.3, -0.25) is 4.79 Å². The maximum absolute atomic E-state index is 12.7. The van der Waals surface area contributed by atoms with Gasteiger partial charge in [-0.15, -0.1) is 0 Å². The Morgan fingerprint density at radius 1 is 1.29 bits per heavy atom. The minimum Gasteiger partial charge on any atom is -0.379 e. The maximum atomic E-state index is 12.7. The molecule has 2 aliphatic heterocycles. The van der Waals surface area contributed by atoms with Gasteiger partial charge in [0.2, 0.25) is 10.0 Å². The van der Waals surface area contributed by atoms with E-state index in [1.54, 1.807) is 0 Å². The lowest BCUT2D eigenvalue weighted by atomic mass is 10.0. The largest absolute Gasteiger partial charge is 0.379 e. The number of hydrogen-bond acceptors (Lipinski definition) is 4. The summed E-state index contributed by atoms with van der Waals surface area (Å²) in [6, 6.07) is 1.68. The van der Waals surface area contributed by atoms with Crippen molar-refractivity contribution in [3.8, 4) is 0 Å². The van der Waals surface area contributed by atoms with Crippen molar-refractivity contribution >= 4 is 15.9 Å². The summed E-state index contributed by atoms with van der Waals surface area (Å²) in [6.07, 6.45) is 3.41. The number of sulfonamides is 1. The second-order valence-electron chi connectivity index (χ2n) is 6.72. The van der Waals surface area contributed by atoms with Crippen molar-refractivity contribution in [2.24, 2.45) is 5.92 Å². The highest BCUT2D eigenvalue weighted by Gasteiger charge is 2.33. The first-order chi connectivity index (χ1) is 11.4. The number of carbonyl (C=O) groups excluding carboxylic acids is 1. The van der Waals surface area contributed by atoms with Crippen LogP contribution >= 0.6 is 0 Å². The molecule has 8 heteroatoms. The fourth-order valence-electron chi connectivity index (χ4n) is 3.48. The van der Waals surface area contributed by atoms with Crippen molar-refractivity contribution < 1.29 is 17.9 Å². The number of amides is 1. The van der Waals surface area contributed by atoms with Crippen LogP contribution in [0.2, 0.25) is 0 Å². The molecule has 0 saturated carbocycles. The highest BCUT2D eigenvalue weighted by molar-refractivity contribution is 7.89. The Morgan fingerprint density at radius 3 is 2.67 bits per heavy atom. The van der Waals surface area contributed by atoms with Gasteiger partial charge in [-0.1, -0.05) is 13.8 Å². The first-order valence-electron chi connectivity index (χ1n) is 8.48. The zero-order valence-corrected chi connectivity index (χ0v) is 15.0. The highest BCUT2D eigenvalue weighted by atomic mass is 32.2. The van der Waals surface area contributed by atoms with E-state index in [1.165, 1.54) is 16.6 Å². The van der Waals surface area contributed by atoms with Crippen molar-refractivity contribution in [2.75, 3.05) is 32.8 Å². The summed E-state index contributed by atoms with van der Waals surface area (Å²) in [5, 5.41) is 0. The van der Waals surface area contributed by atoms with E-state index in [1.807, 2.05) is 4.90 Å². The van der Waals surface area contributed by atoms with E-state index in [0.717, 1.165) is 19.4 Å². The number of carbonyl (C=O) groups is 1. The molecule has 0 radical (unpaired) electrons. The summed E-state index contributed by atoms with van der Waals surface area (Å²) in [7, 11) is -3.58. The molecular weight excluding hydrogens is 330 g/mol. The topological polar surface area (TPSA) is 82.7 Å². The molecule has 0 aliphatic carbocycles. The van der Waals surface area contributed by atoms with Gasteiger partial charge in [0.25, 0.3) is 5.91 Å². The van der Waals surface area contributed by atoms with Crippen molar-refractivity contribution in [3.05, 3.63) is 18.0 Å². The smallest absolute Gasteiger partial charge is 0.270 e. The molecule has 3 rings (SSSR count). The SMILES string of the molecule is CC(C)C1CCCN1C(=O)c1cc(S(=O)(=O)N2CCOCC2)c[nH]1. The van der Waals surface area contributed by atoms with E-state index in [4.69, 9.17) is 4.74 Å². The Kier molecular flexibility index (Phi) is 4.98. The van der Waals surface area contributed by atoms with Gasteiger partial charge in [0.05, 0.1) is 13.2 Å². The van der Waals surface area contributed by atoms with Gasteiger partial charge < -0.3 is 14.6 Å². The molecule has 1 atom stereocenters. The van der Waals surface area contributed by atoms with Crippen molar-refractivity contribution in [3.63, 3.8) is 0 Å². The van der Waals surface area contributed by atoms with E-state index in [0.29, 0.717) is 37.9 Å². The molecular formula is C16H25N3O4S. The van der Waals surface area contributed by atoms with Crippen LogP contribution < -0.4 is 0 Å². The Morgan fingerprint density at radius 2 is 2.00 bits per heavy atom. The molecule has 134 valence electrons. The number of hydrogen-bond donors (Lipinski definition) is 1. The third kappa shape index (κ3) is 3.22. The number of H-pyrrole nitrogens is 1. The van der Waals surface area contributed by atoms with Gasteiger partial charge in [0, 0.05) is 31.9 Å². The van der Waals surface area contributed by atoms with Crippen LogP contribution in [0, 0.1) is 5.92 Å². The molecule has 1 amide bonds. The molecule has 2 saturated heterocycles. The predicted molar refractivity (Wildman–Crippen MR) is 89.3 cm³/mol. The highest BCUT2D eigenvalue weighted by Crippen LogP contribution is 2.26. The van der Waals surface area contributed by atoms with Gasteiger partial charge in [-0.05, 0) is 24.8 Å². The fraction of sp³-hybridized carbons (Fsp3) is 0.688. The zero-order valence-electron chi connectivity index (χ0n) is 14.2. The van der Waals surface area contributed by atoms with Crippen LogP contribution in [0.5, 0.6) is 0 Å². The molecule has 2 fully saturated rings. The van der Waals surface area contributed by atoms with E-state index in [2.05, 4.69) is 18.8 Å². The van der Waals surface area contributed by atoms with Crippen LogP contribution in [-0.4, -0.2) is 67.4 Å². The number of aromatic nitrogens is 1. The van der Waals surface area contributed by atoms with Crippen LogP contribution in [0.25, 0.3) is 0 Å². The van der Waals surface area contributed by atoms with Crippen LogP contribution in [0.15, 0.2) is 17.2 Å². The lowest BCUT2D eigenvalue weighted by molar-refractivity contribution is 0.0696. The molecule has 1 unspecified atom stereocenters. The first-order valence-corrected chi connectivity index (χ1v) is 9.92. The van der Waals surface area contributed by atoms with Crippen LogP contribution in [0.4, 0.5) is 0 Å². The van der Waals surface area contributed by atoms with E-state index < -0.39 is 10.0 Å². The third-order valence-electron chi connectivity index (χ3n) is 4.82. The zero-order chi connectivity index (χ0) is 17.3. The Labute approximate surface area is 143 Å². The quantitative estimate of drug-likeness (QED) is 0.882. The number of morpholine rings is 1. The minimum absolute atomic E-state index is 0.116. The van der Waals surface area contributed by atoms with Gasteiger partial charge >= 0.3 is 0 Å². The molecule has 1 aromatic rings. The minimum atomic E-state index is -3.58. The van der Waals surface area contributed by atoms with Crippen LogP contribution in [-0.2, 0) is 14.8 Å². The average Bonchev–Trinajstić information content (AvgIpc) is 3.24. The molecule has 1 aromatic heterocycles. The number of rotatable bonds is 4. The summed E-state index contributed by atoms with van der Waals surface area (Å²) < 4.78 is 31.9. The second kappa shape index (κ2) is 6.85. The van der Waals surface area contributed by atoms with Crippen LogP contribution in [0.3, 0.4) is 0 Å². The monoisotopic (exact) mass is 355 g/mol. The number of aromatic amines is 1. The van der Waals surface area contributed by atoms with E-state index in [9.17, 15) is 13.2 Å². The maximum Gasteiger partial charge on any atom is 0.270 e. The van der Waals surface area contributed by atoms with Gasteiger partial charge in [-0.25, -0.2) is 8.42 Å². The summed E-state index contributed by atoms with van der Waals surface area (Å²) in [6.45, 7) is 6.44. The molecule has 3 heterocycles. The van der Waals surface area contributed by atoms with Crippen molar-refractivity contribution in [1.82, 2.24) is 14.2 Å². The second-order valence-corrected chi connectivity index (χ2v) is 8.66. The molecule has 0 aromatic carbocycles. The Balaban J connectivity index is 1.79. The normalized spacial score (nSPS) is 23.1. The van der Waals surface area contributed by atoms with E-state index in [-0.39, 0.29) is 16.8 Å². The molecule has 0 spiro atoms.